The number of halogens is 1. The minimum absolute atomic E-state index is 0.0888. The molecule has 1 unspecified atom stereocenters. The molecule has 9 heteroatoms. The summed E-state index contributed by atoms with van der Waals surface area (Å²) >= 11 is 0. The molecule has 1 atom stereocenters. The van der Waals surface area contributed by atoms with Crippen molar-refractivity contribution in [3.8, 4) is 5.75 Å². The van der Waals surface area contributed by atoms with E-state index in [-0.39, 0.29) is 23.5 Å². The molecule has 4 rings (SSSR count). The highest BCUT2D eigenvalue weighted by Crippen LogP contribution is 2.18. The van der Waals surface area contributed by atoms with E-state index in [1.54, 1.807) is 29.0 Å². The zero-order valence-corrected chi connectivity index (χ0v) is 16.5. The first kappa shape index (κ1) is 19.8. The Kier molecular flexibility index (Phi) is 5.60. The van der Waals surface area contributed by atoms with Crippen LogP contribution in [0.2, 0.25) is 0 Å². The van der Waals surface area contributed by atoms with Crippen molar-refractivity contribution < 1.29 is 13.9 Å². The monoisotopic (exact) mass is 411 g/mol. The first-order chi connectivity index (χ1) is 14.5. The van der Waals surface area contributed by atoms with Gasteiger partial charge in [0.05, 0.1) is 19.2 Å². The molecule has 0 bridgehead atoms. The average molecular weight is 411 g/mol. The van der Waals surface area contributed by atoms with Crippen LogP contribution in [0.25, 0.3) is 0 Å². The maximum absolute atomic E-state index is 13.1. The van der Waals surface area contributed by atoms with Crippen molar-refractivity contribution in [2.24, 2.45) is 0 Å². The van der Waals surface area contributed by atoms with Gasteiger partial charge in [0, 0.05) is 31.4 Å². The highest BCUT2D eigenvalue weighted by molar-refractivity contribution is 5.96. The Hall–Kier alpha value is -3.49. The SMILES string of the molecule is COc1ccncc1C(=O)NC1CCc2nn(Cc3ccc(F)cc3)c(=O)n2CC1. The number of aromatic nitrogens is 4. The van der Waals surface area contributed by atoms with Gasteiger partial charge >= 0.3 is 5.69 Å². The van der Waals surface area contributed by atoms with Crippen molar-refractivity contribution in [2.75, 3.05) is 7.11 Å². The third kappa shape index (κ3) is 4.10. The van der Waals surface area contributed by atoms with Crippen LogP contribution in [-0.4, -0.2) is 38.4 Å². The number of nitrogens with zero attached hydrogens (tertiary/aromatic N) is 4. The number of methoxy groups -OCH3 is 1. The van der Waals surface area contributed by atoms with Crippen LogP contribution in [0.1, 0.15) is 34.6 Å². The van der Waals surface area contributed by atoms with Crippen LogP contribution in [0.15, 0.2) is 47.5 Å². The molecule has 1 amide bonds. The number of amides is 1. The number of fused-ring (bicyclic) bond motifs is 1. The fourth-order valence-electron chi connectivity index (χ4n) is 3.63. The Labute approximate surface area is 172 Å². The van der Waals surface area contributed by atoms with Crippen LogP contribution in [0.3, 0.4) is 0 Å². The number of hydrogen-bond acceptors (Lipinski definition) is 5. The molecule has 1 aromatic carbocycles. The van der Waals surface area contributed by atoms with Gasteiger partial charge in [-0.3, -0.25) is 14.3 Å². The van der Waals surface area contributed by atoms with Crippen molar-refractivity contribution in [3.63, 3.8) is 0 Å². The topological polar surface area (TPSA) is 91.0 Å². The number of rotatable bonds is 5. The Morgan fingerprint density at radius 3 is 2.83 bits per heavy atom. The number of benzene rings is 1. The molecule has 1 aliphatic rings. The number of carbonyl (C=O) groups is 1. The second-order valence-corrected chi connectivity index (χ2v) is 7.21. The fraction of sp³-hybridized carbons (Fsp3) is 0.333. The zero-order valence-electron chi connectivity index (χ0n) is 16.5. The summed E-state index contributed by atoms with van der Waals surface area (Å²) in [6, 6.07) is 7.57. The van der Waals surface area contributed by atoms with Crippen LogP contribution in [0.5, 0.6) is 5.75 Å². The van der Waals surface area contributed by atoms with Gasteiger partial charge in [0.25, 0.3) is 5.91 Å². The van der Waals surface area contributed by atoms with Crippen molar-refractivity contribution in [1.82, 2.24) is 24.6 Å². The molecule has 1 aliphatic heterocycles. The quantitative estimate of drug-likeness (QED) is 0.691. The summed E-state index contributed by atoms with van der Waals surface area (Å²) in [5, 5.41) is 7.47. The summed E-state index contributed by atoms with van der Waals surface area (Å²) in [4.78, 5) is 29.4. The minimum atomic E-state index is -0.316. The normalized spacial score (nSPS) is 15.9. The van der Waals surface area contributed by atoms with Gasteiger partial charge in [-0.1, -0.05) is 12.1 Å². The summed E-state index contributed by atoms with van der Waals surface area (Å²) in [5.74, 6) is 0.590. The molecule has 3 aromatic rings. The predicted molar refractivity (Wildman–Crippen MR) is 107 cm³/mol. The van der Waals surface area contributed by atoms with Gasteiger partial charge in [0.1, 0.15) is 17.4 Å². The van der Waals surface area contributed by atoms with Gasteiger partial charge in [-0.2, -0.15) is 5.10 Å². The van der Waals surface area contributed by atoms with E-state index in [9.17, 15) is 14.0 Å². The van der Waals surface area contributed by atoms with E-state index in [4.69, 9.17) is 4.74 Å². The molecule has 0 spiro atoms. The summed E-state index contributed by atoms with van der Waals surface area (Å²) < 4.78 is 21.4. The maximum Gasteiger partial charge on any atom is 0.346 e. The Morgan fingerprint density at radius 2 is 2.07 bits per heavy atom. The van der Waals surface area contributed by atoms with Gasteiger partial charge < -0.3 is 10.1 Å². The van der Waals surface area contributed by atoms with E-state index in [2.05, 4.69) is 15.4 Å². The standard InChI is InChI=1S/C21H22FN5O3/c1-30-18-8-10-23-12-17(18)20(28)24-16-6-7-19-25-27(21(29)26(19)11-9-16)13-14-2-4-15(22)5-3-14/h2-5,8,10,12,16H,6-7,9,11,13H2,1H3,(H,24,28). The average Bonchev–Trinajstić information content (AvgIpc) is 2.92. The molecule has 2 aromatic heterocycles. The molecule has 0 saturated heterocycles. The van der Waals surface area contributed by atoms with Gasteiger partial charge in [0.15, 0.2) is 0 Å². The number of carbonyl (C=O) groups excluding carboxylic acids is 1. The van der Waals surface area contributed by atoms with Crippen LogP contribution in [0, 0.1) is 5.82 Å². The number of hydrogen-bond donors (Lipinski definition) is 1. The lowest BCUT2D eigenvalue weighted by Gasteiger charge is -2.17. The maximum atomic E-state index is 13.1. The lowest BCUT2D eigenvalue weighted by atomic mass is 10.1. The fourth-order valence-corrected chi connectivity index (χ4v) is 3.63. The molecular formula is C21H22FN5O3. The lowest BCUT2D eigenvalue weighted by molar-refractivity contribution is 0.0929. The van der Waals surface area contributed by atoms with Crippen LogP contribution < -0.4 is 15.7 Å². The van der Waals surface area contributed by atoms with E-state index in [0.717, 1.165) is 5.56 Å². The molecule has 0 saturated carbocycles. The van der Waals surface area contributed by atoms with Crippen LogP contribution >= 0.6 is 0 Å². The van der Waals surface area contributed by atoms with E-state index in [1.807, 2.05) is 0 Å². The smallest absolute Gasteiger partial charge is 0.346 e. The Bertz CT molecular complexity index is 1110. The largest absolute Gasteiger partial charge is 0.496 e. The molecule has 156 valence electrons. The number of aryl methyl sites for hydroxylation is 1. The van der Waals surface area contributed by atoms with Crippen molar-refractivity contribution in [1.29, 1.82) is 0 Å². The van der Waals surface area contributed by atoms with E-state index < -0.39 is 0 Å². The second-order valence-electron chi connectivity index (χ2n) is 7.21. The van der Waals surface area contributed by atoms with Crippen molar-refractivity contribution >= 4 is 5.91 Å². The molecule has 1 N–H and O–H groups in total. The van der Waals surface area contributed by atoms with E-state index >= 15 is 0 Å². The summed E-state index contributed by atoms with van der Waals surface area (Å²) in [7, 11) is 1.51. The van der Waals surface area contributed by atoms with Gasteiger partial charge in [-0.25, -0.2) is 13.9 Å². The Balaban J connectivity index is 1.43. The number of pyridine rings is 1. The van der Waals surface area contributed by atoms with Gasteiger partial charge in [-0.15, -0.1) is 0 Å². The third-order valence-corrected chi connectivity index (χ3v) is 5.24. The second kappa shape index (κ2) is 8.48. The summed E-state index contributed by atoms with van der Waals surface area (Å²) in [6.45, 7) is 0.757. The Morgan fingerprint density at radius 1 is 1.27 bits per heavy atom. The molecule has 0 aliphatic carbocycles. The molecule has 0 radical (unpaired) electrons. The number of ether oxygens (including phenoxy) is 1. The van der Waals surface area contributed by atoms with Gasteiger partial charge in [-0.05, 0) is 36.6 Å². The van der Waals surface area contributed by atoms with Crippen LogP contribution in [0.4, 0.5) is 4.39 Å². The van der Waals surface area contributed by atoms with Crippen molar-refractivity contribution in [3.05, 3.63) is 76.0 Å². The first-order valence-electron chi connectivity index (χ1n) is 9.75. The minimum Gasteiger partial charge on any atom is -0.496 e. The number of nitrogens with one attached hydrogen (secondary N) is 1. The zero-order chi connectivity index (χ0) is 21.1. The van der Waals surface area contributed by atoms with Crippen molar-refractivity contribution in [2.45, 2.75) is 38.4 Å². The summed E-state index contributed by atoms with van der Waals surface area (Å²) in [5.41, 5.74) is 0.987. The van der Waals surface area contributed by atoms with E-state index in [0.29, 0.717) is 49.5 Å². The molecule has 30 heavy (non-hydrogen) atoms. The highest BCUT2D eigenvalue weighted by Gasteiger charge is 2.23. The highest BCUT2D eigenvalue weighted by atomic mass is 19.1. The van der Waals surface area contributed by atoms with E-state index in [1.165, 1.54) is 30.1 Å². The van der Waals surface area contributed by atoms with Crippen LogP contribution in [-0.2, 0) is 19.5 Å². The molecule has 8 nitrogen and oxygen atoms in total. The van der Waals surface area contributed by atoms with Gasteiger partial charge in [0.2, 0.25) is 0 Å². The lowest BCUT2D eigenvalue weighted by Crippen LogP contribution is -2.36. The molecular weight excluding hydrogens is 389 g/mol. The summed E-state index contributed by atoms with van der Waals surface area (Å²) in [6.07, 6.45) is 4.90. The third-order valence-electron chi connectivity index (χ3n) is 5.24. The predicted octanol–water partition coefficient (Wildman–Crippen LogP) is 1.77. The first-order valence-corrected chi connectivity index (χ1v) is 9.75. The molecule has 0 fully saturated rings. The molecule has 3 heterocycles.